The fourth-order valence-electron chi connectivity index (χ4n) is 0.892. The first-order valence-corrected chi connectivity index (χ1v) is 4.65. The van der Waals surface area contributed by atoms with Gasteiger partial charge in [0.1, 0.15) is 0 Å². The summed E-state index contributed by atoms with van der Waals surface area (Å²) in [5.41, 5.74) is 6.26. The van der Waals surface area contributed by atoms with E-state index in [1.165, 1.54) is 11.3 Å². The smallest absolute Gasteiger partial charge is 0.203 e. The highest BCUT2D eigenvalue weighted by Gasteiger charge is 2.07. The van der Waals surface area contributed by atoms with Crippen molar-refractivity contribution < 1.29 is 0 Å². The Morgan fingerprint density at radius 2 is 2.23 bits per heavy atom. The zero-order valence-corrected chi connectivity index (χ0v) is 8.01. The number of anilines is 1. The van der Waals surface area contributed by atoms with Crippen LogP contribution < -0.4 is 5.73 Å². The van der Waals surface area contributed by atoms with E-state index >= 15 is 0 Å². The second kappa shape index (κ2) is 3.27. The Bertz CT molecular complexity index is 428. The summed E-state index contributed by atoms with van der Waals surface area (Å²) in [5, 5.41) is 9.28. The van der Waals surface area contributed by atoms with Gasteiger partial charge in [0.25, 0.3) is 0 Å². The Morgan fingerprint density at radius 3 is 2.85 bits per heavy atom. The quantitative estimate of drug-likeness (QED) is 0.784. The maximum absolute atomic E-state index is 5.90. The van der Waals surface area contributed by atoms with Crippen LogP contribution in [-0.4, -0.2) is 15.2 Å². The molecule has 0 radical (unpaired) electrons. The second-order valence-corrected chi connectivity index (χ2v) is 3.72. The molecule has 0 aliphatic carbocycles. The first-order chi connectivity index (χ1) is 6.27. The van der Waals surface area contributed by atoms with Gasteiger partial charge in [-0.15, -0.1) is 10.2 Å². The highest BCUT2D eigenvalue weighted by atomic mass is 35.5. The number of nitrogen functional groups attached to an aromatic ring is 1. The zero-order chi connectivity index (χ0) is 9.26. The van der Waals surface area contributed by atoms with Crippen LogP contribution in [0.25, 0.3) is 10.6 Å². The van der Waals surface area contributed by atoms with E-state index in [-0.39, 0.29) is 0 Å². The van der Waals surface area contributed by atoms with Crippen molar-refractivity contribution in [3.63, 3.8) is 0 Å². The molecule has 0 fully saturated rings. The largest absolute Gasteiger partial charge is 0.374 e. The zero-order valence-electron chi connectivity index (χ0n) is 6.44. The average Bonchev–Trinajstić information content (AvgIpc) is 2.53. The average molecular weight is 213 g/mol. The first-order valence-electron chi connectivity index (χ1n) is 3.46. The van der Waals surface area contributed by atoms with E-state index in [2.05, 4.69) is 15.2 Å². The molecular formula is C7H5ClN4S. The van der Waals surface area contributed by atoms with Gasteiger partial charge in [-0.3, -0.25) is 4.98 Å². The Balaban J connectivity index is 2.52. The lowest BCUT2D eigenvalue weighted by Gasteiger charge is -1.95. The number of hydrogen-bond donors (Lipinski definition) is 1. The van der Waals surface area contributed by atoms with Crippen molar-refractivity contribution in [2.75, 3.05) is 5.73 Å². The van der Waals surface area contributed by atoms with Gasteiger partial charge in [0.2, 0.25) is 5.13 Å². The van der Waals surface area contributed by atoms with E-state index in [4.69, 9.17) is 17.3 Å². The Hall–Kier alpha value is -1.20. The van der Waals surface area contributed by atoms with Gasteiger partial charge in [-0.2, -0.15) is 0 Å². The molecule has 2 aromatic rings. The number of nitrogens with two attached hydrogens (primary N) is 1. The van der Waals surface area contributed by atoms with E-state index in [9.17, 15) is 0 Å². The molecule has 0 saturated carbocycles. The van der Waals surface area contributed by atoms with Crippen molar-refractivity contribution in [1.29, 1.82) is 0 Å². The normalized spacial score (nSPS) is 10.2. The predicted octanol–water partition coefficient (Wildman–Crippen LogP) is 1.84. The van der Waals surface area contributed by atoms with Gasteiger partial charge in [-0.05, 0) is 6.07 Å². The summed E-state index contributed by atoms with van der Waals surface area (Å²) in [7, 11) is 0. The molecular weight excluding hydrogens is 208 g/mol. The summed E-state index contributed by atoms with van der Waals surface area (Å²) < 4.78 is 0. The molecule has 66 valence electrons. The van der Waals surface area contributed by atoms with Crippen molar-refractivity contribution >= 4 is 28.1 Å². The monoisotopic (exact) mass is 212 g/mol. The van der Waals surface area contributed by atoms with Crippen LogP contribution in [0.2, 0.25) is 5.02 Å². The Kier molecular flexibility index (Phi) is 2.12. The Morgan fingerprint density at radius 1 is 1.38 bits per heavy atom. The molecule has 6 heteroatoms. The molecule has 0 atom stereocenters. The highest BCUT2D eigenvalue weighted by molar-refractivity contribution is 7.18. The van der Waals surface area contributed by atoms with E-state index < -0.39 is 0 Å². The van der Waals surface area contributed by atoms with E-state index in [1.54, 1.807) is 18.5 Å². The number of pyridine rings is 1. The molecule has 0 spiro atoms. The van der Waals surface area contributed by atoms with Gasteiger partial charge in [0.05, 0.1) is 5.02 Å². The molecule has 0 aliphatic heterocycles. The summed E-state index contributed by atoms with van der Waals surface area (Å²) in [6.45, 7) is 0. The molecule has 2 rings (SSSR count). The van der Waals surface area contributed by atoms with Gasteiger partial charge in [-0.1, -0.05) is 22.9 Å². The highest BCUT2D eigenvalue weighted by Crippen LogP contribution is 2.29. The topological polar surface area (TPSA) is 64.7 Å². The van der Waals surface area contributed by atoms with Crippen LogP contribution in [0.1, 0.15) is 0 Å². The van der Waals surface area contributed by atoms with Gasteiger partial charge in [0.15, 0.2) is 5.01 Å². The van der Waals surface area contributed by atoms with Crippen LogP contribution in [0.3, 0.4) is 0 Å². The van der Waals surface area contributed by atoms with Crippen molar-refractivity contribution in [2.45, 2.75) is 0 Å². The minimum Gasteiger partial charge on any atom is -0.374 e. The van der Waals surface area contributed by atoms with E-state index in [0.29, 0.717) is 15.2 Å². The van der Waals surface area contributed by atoms with Crippen LogP contribution >= 0.6 is 22.9 Å². The molecule has 0 aliphatic rings. The lowest BCUT2D eigenvalue weighted by molar-refractivity contribution is 1.10. The standard InChI is InChI=1S/C7H5ClN4S/c8-5-3-10-2-1-4(5)6-11-12-7(9)13-6/h1-3H,(H2,9,12). The molecule has 2 N–H and O–H groups in total. The Labute approximate surface area is 83.4 Å². The third-order valence-electron chi connectivity index (χ3n) is 1.44. The third-order valence-corrected chi connectivity index (χ3v) is 2.53. The fourth-order valence-corrected chi connectivity index (χ4v) is 1.81. The maximum atomic E-state index is 5.90. The lowest BCUT2D eigenvalue weighted by atomic mass is 10.3. The predicted molar refractivity (Wildman–Crippen MR) is 52.6 cm³/mol. The van der Waals surface area contributed by atoms with Crippen molar-refractivity contribution in [2.24, 2.45) is 0 Å². The molecule has 0 amide bonds. The fraction of sp³-hybridized carbons (Fsp3) is 0. The summed E-state index contributed by atoms with van der Waals surface area (Å²) >= 11 is 7.20. The summed E-state index contributed by atoms with van der Waals surface area (Å²) in [6, 6.07) is 1.78. The van der Waals surface area contributed by atoms with Gasteiger partial charge < -0.3 is 5.73 Å². The van der Waals surface area contributed by atoms with Crippen molar-refractivity contribution in [3.8, 4) is 10.6 Å². The number of aromatic nitrogens is 3. The molecule has 2 aromatic heterocycles. The molecule has 0 bridgehead atoms. The van der Waals surface area contributed by atoms with Gasteiger partial charge in [-0.25, -0.2) is 0 Å². The minimum absolute atomic E-state index is 0.433. The van der Waals surface area contributed by atoms with Crippen LogP contribution in [-0.2, 0) is 0 Å². The summed E-state index contributed by atoms with van der Waals surface area (Å²) in [6.07, 6.45) is 3.22. The van der Waals surface area contributed by atoms with Crippen LogP contribution in [0.4, 0.5) is 5.13 Å². The van der Waals surface area contributed by atoms with Crippen LogP contribution in [0.15, 0.2) is 18.5 Å². The number of nitrogens with zero attached hydrogens (tertiary/aromatic N) is 3. The summed E-state index contributed by atoms with van der Waals surface area (Å²) in [5.74, 6) is 0. The molecule has 2 heterocycles. The lowest BCUT2D eigenvalue weighted by Crippen LogP contribution is -1.81. The van der Waals surface area contributed by atoms with E-state index in [1.807, 2.05) is 0 Å². The van der Waals surface area contributed by atoms with Crippen molar-refractivity contribution in [3.05, 3.63) is 23.5 Å². The molecule has 0 saturated heterocycles. The molecule has 13 heavy (non-hydrogen) atoms. The van der Waals surface area contributed by atoms with E-state index in [0.717, 1.165) is 5.56 Å². The maximum Gasteiger partial charge on any atom is 0.203 e. The van der Waals surface area contributed by atoms with Crippen LogP contribution in [0.5, 0.6) is 0 Å². The molecule has 4 nitrogen and oxygen atoms in total. The SMILES string of the molecule is Nc1nnc(-c2ccncc2Cl)s1. The number of hydrogen-bond acceptors (Lipinski definition) is 5. The molecule has 0 unspecified atom stereocenters. The minimum atomic E-state index is 0.433. The first kappa shape index (κ1) is 8.40. The summed E-state index contributed by atoms with van der Waals surface area (Å²) in [4.78, 5) is 3.87. The molecule has 0 aromatic carbocycles. The third kappa shape index (κ3) is 1.61. The van der Waals surface area contributed by atoms with Gasteiger partial charge in [0, 0.05) is 18.0 Å². The number of halogens is 1. The van der Waals surface area contributed by atoms with Crippen LogP contribution in [0, 0.1) is 0 Å². The van der Waals surface area contributed by atoms with Crippen molar-refractivity contribution in [1.82, 2.24) is 15.2 Å². The van der Waals surface area contributed by atoms with Gasteiger partial charge >= 0.3 is 0 Å². The number of rotatable bonds is 1. The second-order valence-electron chi connectivity index (χ2n) is 2.30.